The van der Waals surface area contributed by atoms with E-state index in [1.54, 1.807) is 0 Å². The predicted octanol–water partition coefficient (Wildman–Crippen LogP) is 10.4. The Morgan fingerprint density at radius 3 is 1.47 bits per heavy atom. The second kappa shape index (κ2) is 24.3. The molecule has 0 aromatic heterocycles. The number of aryl methyl sites for hydroxylation is 2. The third-order valence-corrected chi connectivity index (χ3v) is 5.98. The zero-order valence-electron chi connectivity index (χ0n) is 24.7. The Bertz CT molecular complexity index is 665. The standard InChI is InChI=1S/C14H25N.C10H14.C7H14.C2H6/c1-7-14(8-9-15)13(6)12(5)11(4)10(2)3;1-3-9-5-7-10(4-2)8-6-9;1-4-5-6-7(2)3;1-2/h14H,2,6-9,15H2,1,3-5H3;5-8H,3-4H2,1-2H3;2,4-6H2,1,3H3;1-2H3/b12-11-;;;. The highest BCUT2D eigenvalue weighted by Crippen LogP contribution is 2.27. The first-order chi connectivity index (χ1) is 16.1. The van der Waals surface area contributed by atoms with Crippen LogP contribution in [0.25, 0.3) is 0 Å². The Morgan fingerprint density at radius 2 is 1.24 bits per heavy atom. The second-order valence-electron chi connectivity index (χ2n) is 8.82. The highest BCUT2D eigenvalue weighted by Gasteiger charge is 2.12. The summed E-state index contributed by atoms with van der Waals surface area (Å²) in [6.07, 6.45) is 8.21. The first kappa shape index (κ1) is 36.7. The number of hydrogen-bond donors (Lipinski definition) is 1. The fraction of sp³-hybridized carbons (Fsp3) is 0.576. The maximum absolute atomic E-state index is 5.60. The topological polar surface area (TPSA) is 26.0 Å². The molecule has 0 radical (unpaired) electrons. The fourth-order valence-electron chi connectivity index (χ4n) is 3.18. The molecule has 1 nitrogen and oxygen atoms in total. The molecule has 1 heteroatoms. The van der Waals surface area contributed by atoms with Gasteiger partial charge in [0.05, 0.1) is 0 Å². The van der Waals surface area contributed by atoms with Crippen LogP contribution in [0.3, 0.4) is 0 Å². The summed E-state index contributed by atoms with van der Waals surface area (Å²) < 4.78 is 0. The van der Waals surface area contributed by atoms with Crippen molar-refractivity contribution >= 4 is 0 Å². The van der Waals surface area contributed by atoms with Gasteiger partial charge in [-0.1, -0.05) is 96.5 Å². The molecule has 0 aliphatic heterocycles. The van der Waals surface area contributed by atoms with E-state index in [-0.39, 0.29) is 0 Å². The van der Waals surface area contributed by atoms with Gasteiger partial charge in [-0.25, -0.2) is 0 Å². The van der Waals surface area contributed by atoms with Gasteiger partial charge >= 0.3 is 0 Å². The van der Waals surface area contributed by atoms with Gasteiger partial charge in [0.2, 0.25) is 0 Å². The minimum atomic E-state index is 0.518. The quantitative estimate of drug-likeness (QED) is 0.253. The molecular formula is C33H59N. The van der Waals surface area contributed by atoms with Crippen LogP contribution in [0.4, 0.5) is 0 Å². The molecule has 34 heavy (non-hydrogen) atoms. The lowest BCUT2D eigenvalue weighted by molar-refractivity contribution is 0.556. The third kappa shape index (κ3) is 18.6. The average Bonchev–Trinajstić information content (AvgIpc) is 2.86. The highest BCUT2D eigenvalue weighted by atomic mass is 14.5. The lowest BCUT2D eigenvalue weighted by atomic mass is 9.86. The van der Waals surface area contributed by atoms with Gasteiger partial charge < -0.3 is 5.73 Å². The van der Waals surface area contributed by atoms with Gasteiger partial charge in [-0.2, -0.15) is 0 Å². The highest BCUT2D eigenvalue weighted by molar-refractivity contribution is 5.40. The second-order valence-corrected chi connectivity index (χ2v) is 8.82. The summed E-state index contributed by atoms with van der Waals surface area (Å²) in [4.78, 5) is 0. The molecule has 2 N–H and O–H groups in total. The van der Waals surface area contributed by atoms with E-state index in [4.69, 9.17) is 5.73 Å². The van der Waals surface area contributed by atoms with Gasteiger partial charge in [-0.3, -0.25) is 0 Å². The SMILES string of the molecule is C=C(C)/C(C)=C(/C)C(=C)C(CC)CCN.C=C(C)CCCC.CC.CCc1ccc(CC)cc1. The molecule has 1 atom stereocenters. The molecule has 0 saturated carbocycles. The smallest absolute Gasteiger partial charge is 0.00714 e. The normalized spacial score (nSPS) is 11.3. The van der Waals surface area contributed by atoms with Crippen LogP contribution in [-0.2, 0) is 12.8 Å². The number of allylic oxidation sites excluding steroid dienone is 5. The molecule has 1 unspecified atom stereocenters. The van der Waals surface area contributed by atoms with Crippen LogP contribution in [0.15, 0.2) is 71.9 Å². The van der Waals surface area contributed by atoms with E-state index >= 15 is 0 Å². The molecule has 0 saturated heterocycles. The third-order valence-electron chi connectivity index (χ3n) is 5.98. The monoisotopic (exact) mass is 469 g/mol. The van der Waals surface area contributed by atoms with Gasteiger partial charge in [-0.15, -0.1) is 6.58 Å². The van der Waals surface area contributed by atoms with Gasteiger partial charge in [0.1, 0.15) is 0 Å². The van der Waals surface area contributed by atoms with Crippen LogP contribution in [0.2, 0.25) is 0 Å². The van der Waals surface area contributed by atoms with Crippen LogP contribution in [-0.4, -0.2) is 6.54 Å². The Morgan fingerprint density at radius 1 is 0.794 bits per heavy atom. The molecule has 0 aliphatic rings. The van der Waals surface area contributed by atoms with E-state index in [1.807, 2.05) is 20.8 Å². The molecule has 0 bridgehead atoms. The molecule has 0 heterocycles. The molecule has 1 aromatic rings. The van der Waals surface area contributed by atoms with E-state index in [0.29, 0.717) is 5.92 Å². The molecule has 0 aliphatic carbocycles. The molecule has 0 spiro atoms. The van der Waals surface area contributed by atoms with Crippen LogP contribution < -0.4 is 5.73 Å². The summed E-state index contributed by atoms with van der Waals surface area (Å²) in [6, 6.07) is 8.83. The van der Waals surface area contributed by atoms with Crippen molar-refractivity contribution in [1.82, 2.24) is 0 Å². The lowest BCUT2D eigenvalue weighted by Gasteiger charge is -2.19. The van der Waals surface area contributed by atoms with Crippen LogP contribution in [0, 0.1) is 5.92 Å². The average molecular weight is 470 g/mol. The van der Waals surface area contributed by atoms with Crippen LogP contribution >= 0.6 is 0 Å². The van der Waals surface area contributed by atoms with Gasteiger partial charge in [0.15, 0.2) is 0 Å². The van der Waals surface area contributed by atoms with Crippen molar-refractivity contribution in [2.45, 2.75) is 114 Å². The number of hydrogen-bond acceptors (Lipinski definition) is 1. The van der Waals surface area contributed by atoms with Gasteiger partial charge in [0.25, 0.3) is 0 Å². The van der Waals surface area contributed by atoms with E-state index in [2.05, 4.69) is 92.5 Å². The van der Waals surface area contributed by atoms with E-state index in [9.17, 15) is 0 Å². The van der Waals surface area contributed by atoms with Gasteiger partial charge in [-0.05, 0) is 107 Å². The molecule has 1 rings (SSSR count). The summed E-state index contributed by atoms with van der Waals surface area (Å²) in [5, 5.41) is 0. The number of benzene rings is 1. The minimum absolute atomic E-state index is 0.518. The maximum atomic E-state index is 5.60. The van der Waals surface area contributed by atoms with Crippen LogP contribution in [0.5, 0.6) is 0 Å². The number of nitrogens with two attached hydrogens (primary N) is 1. The van der Waals surface area contributed by atoms with Crippen molar-refractivity contribution in [3.8, 4) is 0 Å². The first-order valence-electron chi connectivity index (χ1n) is 13.5. The Hall–Kier alpha value is -1.86. The van der Waals surface area contributed by atoms with E-state index < -0.39 is 0 Å². The number of unbranched alkanes of at least 4 members (excludes halogenated alkanes) is 1. The summed E-state index contributed by atoms with van der Waals surface area (Å²) in [5.41, 5.74) is 14.7. The zero-order chi connectivity index (χ0) is 27.1. The van der Waals surface area contributed by atoms with Crippen molar-refractivity contribution in [3.63, 3.8) is 0 Å². The first-order valence-corrected chi connectivity index (χ1v) is 13.5. The molecule has 0 amide bonds. The minimum Gasteiger partial charge on any atom is -0.330 e. The Kier molecular flexibility index (Phi) is 26.2. The number of rotatable bonds is 11. The summed E-state index contributed by atoms with van der Waals surface area (Å²) in [6.45, 7) is 33.8. The summed E-state index contributed by atoms with van der Waals surface area (Å²) >= 11 is 0. The van der Waals surface area contributed by atoms with Crippen LogP contribution in [0.1, 0.15) is 112 Å². The zero-order valence-corrected chi connectivity index (χ0v) is 24.7. The lowest BCUT2D eigenvalue weighted by Crippen LogP contribution is -2.11. The van der Waals surface area contributed by atoms with Crippen molar-refractivity contribution < 1.29 is 0 Å². The van der Waals surface area contributed by atoms with E-state index in [0.717, 1.165) is 37.8 Å². The molecular weight excluding hydrogens is 410 g/mol. The van der Waals surface area contributed by atoms with Crippen molar-refractivity contribution in [2.75, 3.05) is 6.54 Å². The fourth-order valence-corrected chi connectivity index (χ4v) is 3.18. The summed E-state index contributed by atoms with van der Waals surface area (Å²) in [5.74, 6) is 0.518. The maximum Gasteiger partial charge on any atom is -0.00714 e. The molecule has 196 valence electrons. The predicted molar refractivity (Wildman–Crippen MR) is 161 cm³/mol. The van der Waals surface area contributed by atoms with Gasteiger partial charge in [0, 0.05) is 0 Å². The summed E-state index contributed by atoms with van der Waals surface area (Å²) in [7, 11) is 0. The van der Waals surface area contributed by atoms with Crippen molar-refractivity contribution in [1.29, 1.82) is 0 Å². The van der Waals surface area contributed by atoms with Crippen molar-refractivity contribution in [2.24, 2.45) is 11.7 Å². The Labute approximate surface area is 215 Å². The largest absolute Gasteiger partial charge is 0.330 e. The molecule has 0 fully saturated rings. The molecule has 1 aromatic carbocycles. The van der Waals surface area contributed by atoms with Crippen molar-refractivity contribution in [3.05, 3.63) is 83.0 Å². The van der Waals surface area contributed by atoms with E-state index in [1.165, 1.54) is 52.7 Å². The Balaban J connectivity index is -0.000000436.